The molecule has 1 aliphatic rings. The third kappa shape index (κ3) is 3.61. The third-order valence-electron chi connectivity index (χ3n) is 3.62. The number of rotatable bonds is 3. The van der Waals surface area contributed by atoms with E-state index in [0.717, 1.165) is 32.7 Å². The van der Waals surface area contributed by atoms with Crippen LogP contribution in [0.2, 0.25) is 5.15 Å². The van der Waals surface area contributed by atoms with Crippen LogP contribution in [-0.2, 0) is 6.54 Å². The fourth-order valence-electron chi connectivity index (χ4n) is 2.47. The molecule has 0 spiro atoms. The molecule has 0 aromatic carbocycles. The van der Waals surface area contributed by atoms with Crippen LogP contribution in [0, 0.1) is 0 Å². The van der Waals surface area contributed by atoms with Crippen LogP contribution in [-0.4, -0.2) is 46.9 Å². The Morgan fingerprint density at radius 1 is 1.29 bits per heavy atom. The molecule has 110 valence electrons. The molecule has 6 heteroatoms. The number of aromatic nitrogens is 1. The van der Waals surface area contributed by atoms with Gasteiger partial charge in [0.15, 0.2) is 0 Å². The van der Waals surface area contributed by atoms with Gasteiger partial charge in [-0.3, -0.25) is 9.69 Å². The quantitative estimate of drug-likeness (QED) is 0.816. The highest BCUT2D eigenvalue weighted by molar-refractivity contribution is 7.07. The van der Waals surface area contributed by atoms with Gasteiger partial charge in [-0.2, -0.15) is 11.3 Å². The van der Waals surface area contributed by atoms with Crippen molar-refractivity contribution >= 4 is 28.8 Å². The number of halogens is 1. The highest BCUT2D eigenvalue weighted by Crippen LogP contribution is 2.14. The van der Waals surface area contributed by atoms with E-state index in [4.69, 9.17) is 11.6 Å². The summed E-state index contributed by atoms with van der Waals surface area (Å²) in [5.41, 5.74) is 1.96. The van der Waals surface area contributed by atoms with E-state index in [2.05, 4.69) is 26.7 Å². The predicted molar refractivity (Wildman–Crippen MR) is 84.7 cm³/mol. The van der Waals surface area contributed by atoms with Crippen molar-refractivity contribution in [3.63, 3.8) is 0 Å². The van der Waals surface area contributed by atoms with Crippen LogP contribution in [0.5, 0.6) is 0 Å². The zero-order valence-electron chi connectivity index (χ0n) is 11.5. The summed E-state index contributed by atoms with van der Waals surface area (Å²) in [6.45, 7) is 4.28. The van der Waals surface area contributed by atoms with Gasteiger partial charge < -0.3 is 4.90 Å². The van der Waals surface area contributed by atoms with Gasteiger partial charge in [-0.1, -0.05) is 11.6 Å². The van der Waals surface area contributed by atoms with Crippen molar-refractivity contribution in [1.82, 2.24) is 14.8 Å². The first-order valence-corrected chi connectivity index (χ1v) is 8.19. The lowest BCUT2D eigenvalue weighted by atomic mass is 10.2. The van der Waals surface area contributed by atoms with Gasteiger partial charge in [0.1, 0.15) is 5.15 Å². The maximum atomic E-state index is 12.4. The molecule has 0 aliphatic carbocycles. The van der Waals surface area contributed by atoms with Crippen molar-refractivity contribution in [2.45, 2.75) is 6.54 Å². The van der Waals surface area contributed by atoms with Crippen LogP contribution < -0.4 is 0 Å². The Morgan fingerprint density at radius 3 is 2.76 bits per heavy atom. The Kier molecular flexibility index (Phi) is 4.53. The molecule has 0 bridgehead atoms. The molecule has 0 atom stereocenters. The number of carbonyl (C=O) groups excluding carboxylic acids is 1. The van der Waals surface area contributed by atoms with Crippen LogP contribution in [0.15, 0.2) is 35.2 Å². The normalized spacial score (nSPS) is 16.1. The molecule has 4 nitrogen and oxygen atoms in total. The first-order valence-electron chi connectivity index (χ1n) is 6.86. The number of nitrogens with zero attached hydrogens (tertiary/aromatic N) is 3. The fourth-order valence-corrected chi connectivity index (χ4v) is 3.30. The summed E-state index contributed by atoms with van der Waals surface area (Å²) in [5.74, 6) is 0.0366. The second-order valence-electron chi connectivity index (χ2n) is 5.07. The summed E-state index contributed by atoms with van der Waals surface area (Å²) >= 11 is 7.56. The number of piperazine rings is 1. The van der Waals surface area contributed by atoms with Crippen LogP contribution in [0.1, 0.15) is 15.9 Å². The lowest BCUT2D eigenvalue weighted by molar-refractivity contribution is 0.0628. The molecule has 21 heavy (non-hydrogen) atoms. The Labute approximate surface area is 133 Å². The van der Waals surface area contributed by atoms with Gasteiger partial charge in [-0.15, -0.1) is 0 Å². The maximum Gasteiger partial charge on any atom is 0.254 e. The minimum atomic E-state index is 0.0366. The summed E-state index contributed by atoms with van der Waals surface area (Å²) in [6, 6.07) is 5.49. The molecule has 0 N–H and O–H groups in total. The molecule has 2 aromatic heterocycles. The Balaban J connectivity index is 1.57. The fraction of sp³-hybridized carbons (Fsp3) is 0.333. The molecule has 0 radical (unpaired) electrons. The van der Waals surface area contributed by atoms with E-state index >= 15 is 0 Å². The highest BCUT2D eigenvalue weighted by Gasteiger charge is 2.22. The summed E-state index contributed by atoms with van der Waals surface area (Å²) in [4.78, 5) is 20.6. The maximum absolute atomic E-state index is 12.4. The first-order chi connectivity index (χ1) is 10.2. The number of hydrogen-bond donors (Lipinski definition) is 0. The molecular weight excluding hydrogens is 306 g/mol. The number of pyridine rings is 1. The lowest BCUT2D eigenvalue weighted by Gasteiger charge is -2.34. The van der Waals surface area contributed by atoms with E-state index in [0.29, 0.717) is 10.7 Å². The number of thiophene rings is 1. The minimum absolute atomic E-state index is 0.0366. The molecule has 1 amide bonds. The Hall–Kier alpha value is -1.43. The Bertz CT molecular complexity index is 609. The second-order valence-corrected chi connectivity index (χ2v) is 6.23. The van der Waals surface area contributed by atoms with Crippen molar-refractivity contribution in [3.8, 4) is 0 Å². The monoisotopic (exact) mass is 321 g/mol. The lowest BCUT2D eigenvalue weighted by Crippen LogP contribution is -2.48. The molecule has 0 saturated carbocycles. The zero-order chi connectivity index (χ0) is 14.7. The largest absolute Gasteiger partial charge is 0.336 e. The molecule has 2 aromatic rings. The van der Waals surface area contributed by atoms with E-state index in [1.807, 2.05) is 4.90 Å². The van der Waals surface area contributed by atoms with Crippen molar-refractivity contribution in [2.24, 2.45) is 0 Å². The molecular formula is C15H16ClN3OS. The summed E-state index contributed by atoms with van der Waals surface area (Å²) in [6.07, 6.45) is 1.57. The zero-order valence-corrected chi connectivity index (χ0v) is 13.1. The van der Waals surface area contributed by atoms with Gasteiger partial charge >= 0.3 is 0 Å². The minimum Gasteiger partial charge on any atom is -0.336 e. The van der Waals surface area contributed by atoms with E-state index < -0.39 is 0 Å². The van der Waals surface area contributed by atoms with E-state index in [-0.39, 0.29) is 5.91 Å². The van der Waals surface area contributed by atoms with Crippen LogP contribution in [0.4, 0.5) is 0 Å². The van der Waals surface area contributed by atoms with Crippen molar-refractivity contribution in [3.05, 3.63) is 51.4 Å². The van der Waals surface area contributed by atoms with E-state index in [1.165, 1.54) is 5.56 Å². The van der Waals surface area contributed by atoms with Crippen LogP contribution >= 0.6 is 22.9 Å². The van der Waals surface area contributed by atoms with Gasteiger partial charge in [-0.05, 0) is 34.5 Å². The molecule has 1 fully saturated rings. The standard InChI is InChI=1S/C15H16ClN3OS/c16-14-9-13(1-3-17-14)15(20)19-6-4-18(5-7-19)10-12-2-8-21-11-12/h1-3,8-9,11H,4-7,10H2. The topological polar surface area (TPSA) is 36.4 Å². The number of carbonyl (C=O) groups is 1. The molecule has 1 aliphatic heterocycles. The average Bonchev–Trinajstić information content (AvgIpc) is 3.00. The van der Waals surface area contributed by atoms with Gasteiger partial charge in [-0.25, -0.2) is 4.98 Å². The predicted octanol–water partition coefficient (Wildman–Crippen LogP) is 2.75. The van der Waals surface area contributed by atoms with Crippen LogP contribution in [0.25, 0.3) is 0 Å². The second kappa shape index (κ2) is 6.56. The van der Waals surface area contributed by atoms with Gasteiger partial charge in [0.2, 0.25) is 0 Å². The van der Waals surface area contributed by atoms with Gasteiger partial charge in [0.25, 0.3) is 5.91 Å². The average molecular weight is 322 g/mol. The number of hydrogen-bond acceptors (Lipinski definition) is 4. The van der Waals surface area contributed by atoms with Gasteiger partial charge in [0.05, 0.1) is 0 Å². The first kappa shape index (κ1) is 14.5. The SMILES string of the molecule is O=C(c1ccnc(Cl)c1)N1CCN(Cc2ccsc2)CC1. The van der Waals surface area contributed by atoms with E-state index in [1.54, 1.807) is 29.7 Å². The summed E-state index contributed by atoms with van der Waals surface area (Å²) in [7, 11) is 0. The van der Waals surface area contributed by atoms with Gasteiger partial charge in [0, 0.05) is 44.5 Å². The van der Waals surface area contributed by atoms with Crippen molar-refractivity contribution < 1.29 is 4.79 Å². The third-order valence-corrected chi connectivity index (χ3v) is 4.56. The molecule has 0 unspecified atom stereocenters. The summed E-state index contributed by atoms with van der Waals surface area (Å²) < 4.78 is 0. The molecule has 3 rings (SSSR count). The summed E-state index contributed by atoms with van der Waals surface area (Å²) in [5, 5.41) is 4.63. The molecule has 1 saturated heterocycles. The number of amides is 1. The smallest absolute Gasteiger partial charge is 0.254 e. The van der Waals surface area contributed by atoms with Crippen molar-refractivity contribution in [2.75, 3.05) is 26.2 Å². The van der Waals surface area contributed by atoms with Crippen molar-refractivity contribution in [1.29, 1.82) is 0 Å². The molecule has 3 heterocycles. The Morgan fingerprint density at radius 2 is 2.10 bits per heavy atom. The van der Waals surface area contributed by atoms with E-state index in [9.17, 15) is 4.79 Å². The van der Waals surface area contributed by atoms with Crippen LogP contribution in [0.3, 0.4) is 0 Å². The highest BCUT2D eigenvalue weighted by atomic mass is 35.5.